The van der Waals surface area contributed by atoms with Crippen LogP contribution in [0.4, 0.5) is 0 Å². The van der Waals surface area contributed by atoms with Crippen LogP contribution in [0.15, 0.2) is 48.6 Å². The molecule has 1 aliphatic rings. The maximum atomic E-state index is 11.9. The van der Waals surface area contributed by atoms with Crippen molar-refractivity contribution in [2.45, 2.75) is 77.6 Å². The molecule has 0 radical (unpaired) electrons. The smallest absolute Gasteiger partial charge is 0.246 e. The van der Waals surface area contributed by atoms with Gasteiger partial charge in [0.2, 0.25) is 5.91 Å². The number of rotatable bonds is 12. The monoisotopic (exact) mass is 343 g/mol. The summed E-state index contributed by atoms with van der Waals surface area (Å²) >= 11 is 0. The molecule has 0 bridgehead atoms. The van der Waals surface area contributed by atoms with Gasteiger partial charge in [0.1, 0.15) is 0 Å². The van der Waals surface area contributed by atoms with Gasteiger partial charge in [-0.3, -0.25) is 4.79 Å². The number of hydrogen-bond acceptors (Lipinski definition) is 1. The first-order chi connectivity index (χ1) is 12.3. The Morgan fingerprint density at radius 2 is 1.48 bits per heavy atom. The largest absolute Gasteiger partial charge is 0.339 e. The number of carbonyl (C=O) groups is 1. The van der Waals surface area contributed by atoms with Crippen LogP contribution in [-0.4, -0.2) is 23.9 Å². The van der Waals surface area contributed by atoms with Crippen molar-refractivity contribution in [3.05, 3.63) is 48.6 Å². The van der Waals surface area contributed by atoms with Gasteiger partial charge in [-0.25, -0.2) is 0 Å². The van der Waals surface area contributed by atoms with E-state index in [1.165, 1.54) is 38.5 Å². The number of unbranched alkanes of at least 4 members (excludes halogenated alkanes) is 5. The second kappa shape index (κ2) is 15.9. The number of hydrogen-bond donors (Lipinski definition) is 0. The van der Waals surface area contributed by atoms with E-state index in [-0.39, 0.29) is 5.91 Å². The van der Waals surface area contributed by atoms with E-state index in [4.69, 9.17) is 0 Å². The molecule has 0 atom stereocenters. The number of nitrogens with zero attached hydrogens (tertiary/aromatic N) is 1. The van der Waals surface area contributed by atoms with Crippen molar-refractivity contribution in [3.8, 4) is 0 Å². The van der Waals surface area contributed by atoms with E-state index in [0.717, 1.165) is 45.2 Å². The first kappa shape index (κ1) is 21.5. The van der Waals surface area contributed by atoms with Crippen LogP contribution in [0.25, 0.3) is 0 Å². The van der Waals surface area contributed by atoms with Gasteiger partial charge in [0.15, 0.2) is 0 Å². The third kappa shape index (κ3) is 12.4. The summed E-state index contributed by atoms with van der Waals surface area (Å²) in [6.07, 6.45) is 30.0. The van der Waals surface area contributed by atoms with E-state index < -0.39 is 0 Å². The lowest BCUT2D eigenvalue weighted by atomic mass is 10.1. The fraction of sp³-hybridized carbons (Fsp3) is 0.609. The van der Waals surface area contributed by atoms with Crippen molar-refractivity contribution >= 4 is 5.91 Å². The number of amides is 1. The molecule has 0 aromatic carbocycles. The van der Waals surface area contributed by atoms with Crippen LogP contribution >= 0.6 is 0 Å². The van der Waals surface area contributed by atoms with Crippen LogP contribution in [0.2, 0.25) is 0 Å². The number of carbonyl (C=O) groups excluding carboxylic acids is 1. The molecule has 25 heavy (non-hydrogen) atoms. The van der Waals surface area contributed by atoms with E-state index in [9.17, 15) is 4.79 Å². The first-order valence-electron chi connectivity index (χ1n) is 10.3. The molecule has 0 saturated carbocycles. The second-order valence-corrected chi connectivity index (χ2v) is 6.78. The third-order valence-corrected chi connectivity index (χ3v) is 4.48. The summed E-state index contributed by atoms with van der Waals surface area (Å²) in [6.45, 7) is 4.09. The Balaban J connectivity index is 1.97. The van der Waals surface area contributed by atoms with Gasteiger partial charge in [-0.1, -0.05) is 62.3 Å². The summed E-state index contributed by atoms with van der Waals surface area (Å²) in [7, 11) is 0. The van der Waals surface area contributed by atoms with Crippen molar-refractivity contribution in [1.82, 2.24) is 4.90 Å². The van der Waals surface area contributed by atoms with Crippen LogP contribution in [0, 0.1) is 0 Å². The molecular formula is C23H37NO. The fourth-order valence-corrected chi connectivity index (χ4v) is 2.90. The van der Waals surface area contributed by atoms with Gasteiger partial charge < -0.3 is 4.90 Å². The lowest BCUT2D eigenvalue weighted by Gasteiger charge is -2.25. The molecule has 0 aromatic heterocycles. The van der Waals surface area contributed by atoms with Crippen molar-refractivity contribution in [2.75, 3.05) is 13.1 Å². The molecule has 0 aliphatic carbocycles. The van der Waals surface area contributed by atoms with E-state index in [1.807, 2.05) is 17.1 Å². The van der Waals surface area contributed by atoms with Gasteiger partial charge in [0, 0.05) is 19.2 Å². The van der Waals surface area contributed by atoms with Crippen LogP contribution in [0.1, 0.15) is 77.6 Å². The zero-order valence-corrected chi connectivity index (χ0v) is 16.2. The van der Waals surface area contributed by atoms with Gasteiger partial charge in [-0.15, -0.1) is 0 Å². The minimum absolute atomic E-state index is 0.162. The van der Waals surface area contributed by atoms with E-state index in [1.54, 1.807) is 6.08 Å². The predicted molar refractivity (Wildman–Crippen MR) is 110 cm³/mol. The Morgan fingerprint density at radius 1 is 0.800 bits per heavy atom. The highest BCUT2D eigenvalue weighted by Gasteiger charge is 2.12. The first-order valence-corrected chi connectivity index (χ1v) is 10.3. The van der Waals surface area contributed by atoms with Gasteiger partial charge in [-0.2, -0.15) is 0 Å². The standard InChI is InChI=1S/C23H37NO/c1-2-3-4-5-6-7-8-9-10-11-12-13-14-15-17-20-23(25)24-21-18-16-19-22-24/h6-7,9-10,14-15,17,20H,2-5,8,11-13,16,18-19,21-22H2,1H3/b7-6-,10-9-,15-14+,20-17+. The molecule has 0 aromatic rings. The normalized spacial score (nSPS) is 16.1. The molecule has 1 aliphatic heterocycles. The summed E-state index contributed by atoms with van der Waals surface area (Å²) in [5.74, 6) is 0.162. The van der Waals surface area contributed by atoms with E-state index in [0.29, 0.717) is 0 Å². The van der Waals surface area contributed by atoms with Gasteiger partial charge in [0.25, 0.3) is 0 Å². The van der Waals surface area contributed by atoms with Crippen molar-refractivity contribution < 1.29 is 4.79 Å². The highest BCUT2D eigenvalue weighted by molar-refractivity contribution is 5.87. The van der Waals surface area contributed by atoms with Crippen LogP contribution in [-0.2, 0) is 4.79 Å². The number of likely N-dealkylation sites (tertiary alicyclic amines) is 1. The van der Waals surface area contributed by atoms with Crippen molar-refractivity contribution in [1.29, 1.82) is 0 Å². The fourth-order valence-electron chi connectivity index (χ4n) is 2.90. The molecule has 140 valence electrons. The average molecular weight is 344 g/mol. The molecule has 1 saturated heterocycles. The molecule has 1 fully saturated rings. The molecule has 1 rings (SSSR count). The van der Waals surface area contributed by atoms with Gasteiger partial charge >= 0.3 is 0 Å². The molecule has 1 heterocycles. The number of allylic oxidation sites excluding steroid dienone is 7. The highest BCUT2D eigenvalue weighted by atomic mass is 16.2. The van der Waals surface area contributed by atoms with Crippen LogP contribution in [0.5, 0.6) is 0 Å². The van der Waals surface area contributed by atoms with Gasteiger partial charge in [-0.05, 0) is 57.8 Å². The lowest BCUT2D eigenvalue weighted by molar-refractivity contribution is -0.126. The lowest BCUT2D eigenvalue weighted by Crippen LogP contribution is -2.34. The zero-order chi connectivity index (χ0) is 18.0. The Morgan fingerprint density at radius 3 is 2.20 bits per heavy atom. The Bertz CT molecular complexity index is 439. The summed E-state index contributed by atoms with van der Waals surface area (Å²) in [5.41, 5.74) is 0. The second-order valence-electron chi connectivity index (χ2n) is 6.78. The minimum Gasteiger partial charge on any atom is -0.339 e. The third-order valence-electron chi connectivity index (χ3n) is 4.48. The van der Waals surface area contributed by atoms with Crippen LogP contribution < -0.4 is 0 Å². The Kier molecular flexibility index (Phi) is 13.7. The molecule has 0 N–H and O–H groups in total. The van der Waals surface area contributed by atoms with Crippen LogP contribution in [0.3, 0.4) is 0 Å². The van der Waals surface area contributed by atoms with Crippen molar-refractivity contribution in [3.63, 3.8) is 0 Å². The molecular weight excluding hydrogens is 306 g/mol. The molecule has 2 nitrogen and oxygen atoms in total. The zero-order valence-electron chi connectivity index (χ0n) is 16.2. The van der Waals surface area contributed by atoms with E-state index in [2.05, 4.69) is 37.3 Å². The highest BCUT2D eigenvalue weighted by Crippen LogP contribution is 2.09. The van der Waals surface area contributed by atoms with Gasteiger partial charge in [0.05, 0.1) is 0 Å². The quantitative estimate of drug-likeness (QED) is 0.175. The Labute approximate surface area is 155 Å². The maximum absolute atomic E-state index is 11.9. The summed E-state index contributed by atoms with van der Waals surface area (Å²) in [4.78, 5) is 13.9. The summed E-state index contributed by atoms with van der Waals surface area (Å²) in [6, 6.07) is 0. The molecule has 0 spiro atoms. The Hall–Kier alpha value is -1.57. The molecule has 0 unspecified atom stereocenters. The average Bonchev–Trinajstić information content (AvgIpc) is 2.65. The molecule has 2 heteroatoms. The molecule has 1 amide bonds. The summed E-state index contributed by atoms with van der Waals surface area (Å²) < 4.78 is 0. The minimum atomic E-state index is 0.162. The SMILES string of the molecule is CCCCC/C=C\C/C=C\CCC/C=C/C=C/C(=O)N1CCCCC1. The summed E-state index contributed by atoms with van der Waals surface area (Å²) in [5, 5.41) is 0. The number of piperidine rings is 1. The topological polar surface area (TPSA) is 20.3 Å². The maximum Gasteiger partial charge on any atom is 0.246 e. The van der Waals surface area contributed by atoms with Crippen molar-refractivity contribution in [2.24, 2.45) is 0 Å². The van der Waals surface area contributed by atoms with E-state index >= 15 is 0 Å². The predicted octanol–water partition coefficient (Wildman–Crippen LogP) is 6.36.